The highest BCUT2D eigenvalue weighted by atomic mass is 16.5. The van der Waals surface area contributed by atoms with Crippen LogP contribution in [-0.4, -0.2) is 49.2 Å². The fourth-order valence-electron chi connectivity index (χ4n) is 3.65. The van der Waals surface area contributed by atoms with Crippen LogP contribution in [0, 0.1) is 0 Å². The van der Waals surface area contributed by atoms with Crippen LogP contribution in [0.15, 0.2) is 60.8 Å². The summed E-state index contributed by atoms with van der Waals surface area (Å²) in [7, 11) is 3.24. The molecule has 32 heavy (non-hydrogen) atoms. The number of nitrogens with zero attached hydrogens (tertiary/aromatic N) is 3. The molecular formula is C24H27N5O3. The monoisotopic (exact) mass is 433 g/mol. The first-order valence-electron chi connectivity index (χ1n) is 10.6. The van der Waals surface area contributed by atoms with Gasteiger partial charge >= 0.3 is 0 Å². The lowest BCUT2D eigenvalue weighted by Gasteiger charge is -2.32. The smallest absolute Gasteiger partial charge is 0.251 e. The minimum atomic E-state index is -0.0794. The van der Waals surface area contributed by atoms with Gasteiger partial charge in [0, 0.05) is 36.6 Å². The predicted octanol–water partition coefficient (Wildman–Crippen LogP) is 3.64. The van der Waals surface area contributed by atoms with E-state index in [9.17, 15) is 4.79 Å². The maximum absolute atomic E-state index is 12.6. The minimum absolute atomic E-state index is 0.0794. The van der Waals surface area contributed by atoms with E-state index in [0.717, 1.165) is 43.2 Å². The van der Waals surface area contributed by atoms with Crippen molar-refractivity contribution in [3.05, 3.63) is 66.4 Å². The van der Waals surface area contributed by atoms with Gasteiger partial charge in [0.25, 0.3) is 5.91 Å². The molecule has 166 valence electrons. The van der Waals surface area contributed by atoms with Gasteiger partial charge in [-0.25, -0.2) is 4.98 Å². The Hall–Kier alpha value is -3.81. The summed E-state index contributed by atoms with van der Waals surface area (Å²) < 4.78 is 10.4. The zero-order valence-electron chi connectivity index (χ0n) is 18.2. The Morgan fingerprint density at radius 3 is 2.47 bits per heavy atom. The zero-order chi connectivity index (χ0) is 22.3. The van der Waals surface area contributed by atoms with Crippen molar-refractivity contribution in [3.8, 4) is 11.5 Å². The molecule has 0 saturated carbocycles. The van der Waals surface area contributed by atoms with Crippen molar-refractivity contribution < 1.29 is 14.3 Å². The molecule has 0 atom stereocenters. The van der Waals surface area contributed by atoms with Crippen LogP contribution < -0.4 is 25.0 Å². The lowest BCUT2D eigenvalue weighted by Crippen LogP contribution is -2.45. The standard InChI is InChI=1S/C24H27N5O3/c1-31-20-8-6-18(7-9-20)26-22-10-13-25-24(28-22)29-14-11-19(12-15-29)27-23(30)17-4-3-5-21(16-17)32-2/h3-10,13,16,19H,11-12,14-15H2,1-2H3,(H,27,30)(H,25,26,28). The molecule has 2 aromatic carbocycles. The molecule has 0 unspecified atom stereocenters. The third kappa shape index (κ3) is 5.26. The molecule has 0 spiro atoms. The Kier molecular flexibility index (Phi) is 6.69. The third-order valence-corrected chi connectivity index (χ3v) is 5.45. The van der Waals surface area contributed by atoms with Crippen molar-refractivity contribution in [1.29, 1.82) is 0 Å². The maximum atomic E-state index is 12.6. The Labute approximate surface area is 187 Å². The molecule has 1 aliphatic heterocycles. The molecule has 8 nitrogen and oxygen atoms in total. The quantitative estimate of drug-likeness (QED) is 0.588. The number of carbonyl (C=O) groups is 1. The van der Waals surface area contributed by atoms with Gasteiger partial charge in [0.1, 0.15) is 17.3 Å². The number of hydrogen-bond acceptors (Lipinski definition) is 7. The van der Waals surface area contributed by atoms with Crippen molar-refractivity contribution >= 4 is 23.4 Å². The van der Waals surface area contributed by atoms with Gasteiger partial charge in [-0.05, 0) is 61.4 Å². The molecule has 1 aliphatic rings. The van der Waals surface area contributed by atoms with Gasteiger partial charge in [-0.3, -0.25) is 4.79 Å². The molecule has 1 amide bonds. The van der Waals surface area contributed by atoms with Crippen LogP contribution in [-0.2, 0) is 0 Å². The van der Waals surface area contributed by atoms with E-state index in [1.807, 2.05) is 42.5 Å². The molecule has 4 rings (SSSR count). The van der Waals surface area contributed by atoms with Gasteiger partial charge in [0.2, 0.25) is 5.95 Å². The largest absolute Gasteiger partial charge is 0.497 e. The summed E-state index contributed by atoms with van der Waals surface area (Å²) in [5.74, 6) is 2.81. The number of nitrogens with one attached hydrogen (secondary N) is 2. The van der Waals surface area contributed by atoms with Gasteiger partial charge in [-0.1, -0.05) is 6.07 Å². The summed E-state index contributed by atoms with van der Waals surface area (Å²) in [5, 5.41) is 6.42. The van der Waals surface area contributed by atoms with Crippen LogP contribution in [0.2, 0.25) is 0 Å². The molecular weight excluding hydrogens is 406 g/mol. The summed E-state index contributed by atoms with van der Waals surface area (Å²) in [6.07, 6.45) is 3.41. The summed E-state index contributed by atoms with van der Waals surface area (Å²) in [5.41, 5.74) is 1.53. The highest BCUT2D eigenvalue weighted by Gasteiger charge is 2.23. The van der Waals surface area contributed by atoms with Gasteiger partial charge in [-0.15, -0.1) is 0 Å². The number of piperidine rings is 1. The van der Waals surface area contributed by atoms with Crippen molar-refractivity contribution in [3.63, 3.8) is 0 Å². The van der Waals surface area contributed by atoms with Gasteiger partial charge < -0.3 is 25.0 Å². The number of hydrogen-bond donors (Lipinski definition) is 2. The summed E-state index contributed by atoms with van der Waals surface area (Å²) in [6.45, 7) is 1.55. The number of anilines is 3. The first-order valence-corrected chi connectivity index (χ1v) is 10.6. The van der Waals surface area contributed by atoms with E-state index in [1.165, 1.54) is 0 Å². The average Bonchev–Trinajstić information content (AvgIpc) is 2.85. The molecule has 1 aromatic heterocycles. The second-order valence-electron chi connectivity index (χ2n) is 7.56. The normalized spacial score (nSPS) is 14.0. The molecule has 3 aromatic rings. The highest BCUT2D eigenvalue weighted by molar-refractivity contribution is 5.94. The number of rotatable bonds is 7. The van der Waals surface area contributed by atoms with Gasteiger partial charge in [0.15, 0.2) is 0 Å². The minimum Gasteiger partial charge on any atom is -0.497 e. The van der Waals surface area contributed by atoms with E-state index in [2.05, 4.69) is 25.5 Å². The molecule has 0 aliphatic carbocycles. The van der Waals surface area contributed by atoms with Gasteiger partial charge in [0.05, 0.1) is 14.2 Å². The van der Waals surface area contributed by atoms with Crippen molar-refractivity contribution in [2.24, 2.45) is 0 Å². The van der Waals surface area contributed by atoms with Crippen molar-refractivity contribution in [1.82, 2.24) is 15.3 Å². The first-order chi connectivity index (χ1) is 15.6. The van der Waals surface area contributed by atoms with Crippen LogP contribution in [0.3, 0.4) is 0 Å². The van der Waals surface area contributed by atoms with Crippen molar-refractivity contribution in [2.75, 3.05) is 37.5 Å². The molecule has 1 saturated heterocycles. The Bertz CT molecular complexity index is 1050. The topological polar surface area (TPSA) is 88.6 Å². The van der Waals surface area contributed by atoms with E-state index < -0.39 is 0 Å². The molecule has 0 bridgehead atoms. The fourth-order valence-corrected chi connectivity index (χ4v) is 3.65. The van der Waals surface area contributed by atoms with E-state index >= 15 is 0 Å². The van der Waals surface area contributed by atoms with Crippen LogP contribution in [0.4, 0.5) is 17.5 Å². The number of methoxy groups -OCH3 is 2. The number of carbonyl (C=O) groups excluding carboxylic acids is 1. The second kappa shape index (κ2) is 10.00. The van der Waals surface area contributed by atoms with Crippen LogP contribution >= 0.6 is 0 Å². The summed E-state index contributed by atoms with van der Waals surface area (Å²) >= 11 is 0. The van der Waals surface area contributed by atoms with Crippen LogP contribution in [0.1, 0.15) is 23.2 Å². The van der Waals surface area contributed by atoms with Crippen LogP contribution in [0.25, 0.3) is 0 Å². The number of aromatic nitrogens is 2. The Morgan fingerprint density at radius 2 is 1.75 bits per heavy atom. The third-order valence-electron chi connectivity index (χ3n) is 5.45. The lowest BCUT2D eigenvalue weighted by atomic mass is 10.0. The fraction of sp³-hybridized carbons (Fsp3) is 0.292. The molecule has 0 radical (unpaired) electrons. The molecule has 2 heterocycles. The van der Waals surface area contributed by atoms with E-state index in [0.29, 0.717) is 17.3 Å². The summed E-state index contributed by atoms with van der Waals surface area (Å²) in [6, 6.07) is 16.8. The molecule has 2 N–H and O–H groups in total. The van der Waals surface area contributed by atoms with E-state index in [-0.39, 0.29) is 11.9 Å². The zero-order valence-corrected chi connectivity index (χ0v) is 18.2. The van der Waals surface area contributed by atoms with E-state index in [1.54, 1.807) is 32.5 Å². The molecule has 8 heteroatoms. The lowest BCUT2D eigenvalue weighted by molar-refractivity contribution is 0.0930. The van der Waals surface area contributed by atoms with Gasteiger partial charge in [-0.2, -0.15) is 4.98 Å². The summed E-state index contributed by atoms with van der Waals surface area (Å²) in [4.78, 5) is 23.8. The highest BCUT2D eigenvalue weighted by Crippen LogP contribution is 2.22. The predicted molar refractivity (Wildman–Crippen MR) is 124 cm³/mol. The Morgan fingerprint density at radius 1 is 1.00 bits per heavy atom. The number of benzene rings is 2. The van der Waals surface area contributed by atoms with Crippen LogP contribution in [0.5, 0.6) is 11.5 Å². The maximum Gasteiger partial charge on any atom is 0.251 e. The number of amides is 1. The second-order valence-corrected chi connectivity index (χ2v) is 7.56. The van der Waals surface area contributed by atoms with E-state index in [4.69, 9.17) is 9.47 Å². The SMILES string of the molecule is COc1ccc(Nc2ccnc(N3CCC(NC(=O)c4cccc(OC)c4)CC3)n2)cc1. The molecule has 1 fully saturated rings. The van der Waals surface area contributed by atoms with Crippen molar-refractivity contribution in [2.45, 2.75) is 18.9 Å². The Balaban J connectivity index is 1.32. The average molecular weight is 434 g/mol. The number of ether oxygens (including phenoxy) is 2. The first kappa shape index (κ1) is 21.4.